The Hall–Kier alpha value is -2.04. The summed E-state index contributed by atoms with van der Waals surface area (Å²) < 4.78 is 10.9. The van der Waals surface area contributed by atoms with E-state index in [-0.39, 0.29) is 6.04 Å². The van der Waals surface area contributed by atoms with E-state index in [9.17, 15) is 0 Å². The van der Waals surface area contributed by atoms with Gasteiger partial charge in [0.25, 0.3) is 0 Å². The zero-order valence-corrected chi connectivity index (χ0v) is 12.5. The lowest BCUT2D eigenvalue weighted by Crippen LogP contribution is -2.28. The molecule has 0 heterocycles. The van der Waals surface area contributed by atoms with Gasteiger partial charge in [-0.3, -0.25) is 5.84 Å². The molecule has 3 N–H and O–H groups in total. The van der Waals surface area contributed by atoms with Crippen LogP contribution in [0, 0.1) is 0 Å². The third-order valence-corrected chi connectivity index (χ3v) is 3.26. The number of methoxy groups -OCH3 is 1. The van der Waals surface area contributed by atoms with Crippen molar-refractivity contribution < 1.29 is 9.47 Å². The largest absolute Gasteiger partial charge is 0.497 e. The van der Waals surface area contributed by atoms with E-state index < -0.39 is 0 Å². The first-order valence-electron chi connectivity index (χ1n) is 7.11. The highest BCUT2D eigenvalue weighted by Gasteiger charge is 2.13. The van der Waals surface area contributed by atoms with Crippen LogP contribution in [-0.2, 0) is 0 Å². The number of rotatable bonds is 7. The van der Waals surface area contributed by atoms with E-state index in [1.807, 2.05) is 48.5 Å². The molecule has 2 aromatic rings. The topological polar surface area (TPSA) is 56.5 Å². The Morgan fingerprint density at radius 1 is 1.05 bits per heavy atom. The predicted octanol–water partition coefficient (Wildman–Crippen LogP) is 3.04. The van der Waals surface area contributed by atoms with Gasteiger partial charge in [-0.25, -0.2) is 5.43 Å². The molecule has 0 saturated heterocycles. The maximum atomic E-state index is 5.75. The average molecular weight is 286 g/mol. The second kappa shape index (κ2) is 7.67. The van der Waals surface area contributed by atoms with Gasteiger partial charge in [-0.05, 0) is 41.8 Å². The molecule has 4 heteroatoms. The van der Waals surface area contributed by atoms with Gasteiger partial charge in [0.05, 0.1) is 19.8 Å². The van der Waals surface area contributed by atoms with Crippen molar-refractivity contribution in [2.75, 3.05) is 13.7 Å². The molecule has 2 aromatic carbocycles. The number of benzene rings is 2. The van der Waals surface area contributed by atoms with Crippen LogP contribution in [0.25, 0.3) is 0 Å². The summed E-state index contributed by atoms with van der Waals surface area (Å²) in [6.07, 6.45) is 0.985. The number of nitrogens with two attached hydrogens (primary N) is 1. The highest BCUT2D eigenvalue weighted by atomic mass is 16.5. The van der Waals surface area contributed by atoms with Gasteiger partial charge in [0, 0.05) is 0 Å². The molecule has 1 atom stereocenters. The van der Waals surface area contributed by atoms with Crippen molar-refractivity contribution in [1.82, 2.24) is 5.43 Å². The molecule has 0 aliphatic carbocycles. The molecule has 1 unspecified atom stereocenters. The normalized spacial score (nSPS) is 12.0. The predicted molar refractivity (Wildman–Crippen MR) is 84.4 cm³/mol. The summed E-state index contributed by atoms with van der Waals surface area (Å²) >= 11 is 0. The van der Waals surface area contributed by atoms with E-state index >= 15 is 0 Å². The van der Waals surface area contributed by atoms with E-state index in [2.05, 4.69) is 12.3 Å². The molecular formula is C17H22N2O2. The van der Waals surface area contributed by atoms with Crippen LogP contribution >= 0.6 is 0 Å². The van der Waals surface area contributed by atoms with Gasteiger partial charge >= 0.3 is 0 Å². The molecule has 21 heavy (non-hydrogen) atoms. The zero-order chi connectivity index (χ0) is 15.1. The lowest BCUT2D eigenvalue weighted by atomic mass is 9.99. The first-order chi connectivity index (χ1) is 10.3. The van der Waals surface area contributed by atoms with E-state index in [4.69, 9.17) is 15.3 Å². The first kappa shape index (κ1) is 15.4. The standard InChI is InChI=1S/C17H22N2O2/c1-3-10-21-16-9-5-7-14(12-16)17(19-18)13-6-4-8-15(11-13)20-2/h4-9,11-12,17,19H,3,10,18H2,1-2H3. The van der Waals surface area contributed by atoms with Gasteiger partial charge in [0.2, 0.25) is 0 Å². The van der Waals surface area contributed by atoms with E-state index in [1.54, 1.807) is 7.11 Å². The summed E-state index contributed by atoms with van der Waals surface area (Å²) in [6, 6.07) is 15.7. The Balaban J connectivity index is 2.27. The Morgan fingerprint density at radius 3 is 2.24 bits per heavy atom. The Kier molecular flexibility index (Phi) is 5.60. The lowest BCUT2D eigenvalue weighted by Gasteiger charge is -2.18. The van der Waals surface area contributed by atoms with Crippen LogP contribution < -0.4 is 20.7 Å². The second-order valence-electron chi connectivity index (χ2n) is 4.80. The average Bonchev–Trinajstić information content (AvgIpc) is 2.54. The third-order valence-electron chi connectivity index (χ3n) is 3.26. The van der Waals surface area contributed by atoms with Crippen LogP contribution in [0.4, 0.5) is 0 Å². The molecule has 112 valence electrons. The van der Waals surface area contributed by atoms with E-state index in [0.717, 1.165) is 29.0 Å². The van der Waals surface area contributed by atoms with Gasteiger partial charge < -0.3 is 9.47 Å². The van der Waals surface area contributed by atoms with Crippen molar-refractivity contribution in [3.63, 3.8) is 0 Å². The van der Waals surface area contributed by atoms with Crippen molar-refractivity contribution >= 4 is 0 Å². The fraction of sp³-hybridized carbons (Fsp3) is 0.294. The molecular weight excluding hydrogens is 264 g/mol. The van der Waals surface area contributed by atoms with Crippen LogP contribution in [0.2, 0.25) is 0 Å². The minimum atomic E-state index is -0.106. The molecule has 0 aliphatic heterocycles. The molecule has 0 radical (unpaired) electrons. The molecule has 0 aromatic heterocycles. The molecule has 2 rings (SSSR count). The van der Waals surface area contributed by atoms with Crippen molar-refractivity contribution in [2.24, 2.45) is 5.84 Å². The van der Waals surface area contributed by atoms with E-state index in [1.165, 1.54) is 0 Å². The van der Waals surface area contributed by atoms with Crippen molar-refractivity contribution in [1.29, 1.82) is 0 Å². The van der Waals surface area contributed by atoms with Crippen molar-refractivity contribution in [3.05, 3.63) is 59.7 Å². The zero-order valence-electron chi connectivity index (χ0n) is 12.5. The summed E-state index contributed by atoms with van der Waals surface area (Å²) in [4.78, 5) is 0. The van der Waals surface area contributed by atoms with Crippen LogP contribution in [0.15, 0.2) is 48.5 Å². The van der Waals surface area contributed by atoms with Crippen LogP contribution in [-0.4, -0.2) is 13.7 Å². The minimum Gasteiger partial charge on any atom is -0.497 e. The van der Waals surface area contributed by atoms with Gasteiger partial charge in [-0.15, -0.1) is 0 Å². The third kappa shape index (κ3) is 3.97. The summed E-state index contributed by atoms with van der Waals surface area (Å²) in [5.74, 6) is 7.42. The second-order valence-corrected chi connectivity index (χ2v) is 4.80. The fourth-order valence-electron chi connectivity index (χ4n) is 2.21. The minimum absolute atomic E-state index is 0.106. The summed E-state index contributed by atoms with van der Waals surface area (Å²) in [7, 11) is 1.66. The highest BCUT2D eigenvalue weighted by Crippen LogP contribution is 2.27. The molecule has 0 amide bonds. The number of nitrogens with one attached hydrogen (secondary N) is 1. The monoisotopic (exact) mass is 286 g/mol. The number of hydrogen-bond donors (Lipinski definition) is 2. The van der Waals surface area contributed by atoms with Crippen molar-refractivity contribution in [3.8, 4) is 11.5 Å². The Bertz CT molecular complexity index is 572. The Labute approximate surface area is 125 Å². The van der Waals surface area contributed by atoms with Gasteiger partial charge in [-0.2, -0.15) is 0 Å². The van der Waals surface area contributed by atoms with Crippen molar-refractivity contribution in [2.45, 2.75) is 19.4 Å². The molecule has 0 spiro atoms. The quantitative estimate of drug-likeness (QED) is 0.607. The number of hydrogen-bond acceptors (Lipinski definition) is 4. The molecule has 0 bridgehead atoms. The maximum Gasteiger partial charge on any atom is 0.119 e. The summed E-state index contributed by atoms with van der Waals surface area (Å²) in [5, 5.41) is 0. The van der Waals surface area contributed by atoms with Gasteiger partial charge in [0.15, 0.2) is 0 Å². The highest BCUT2D eigenvalue weighted by molar-refractivity contribution is 5.39. The molecule has 0 fully saturated rings. The molecule has 4 nitrogen and oxygen atoms in total. The SMILES string of the molecule is CCCOc1cccc(C(NN)c2cccc(OC)c2)c1. The smallest absolute Gasteiger partial charge is 0.119 e. The van der Waals surface area contributed by atoms with Crippen LogP contribution in [0.3, 0.4) is 0 Å². The lowest BCUT2D eigenvalue weighted by molar-refractivity contribution is 0.317. The number of ether oxygens (including phenoxy) is 2. The Morgan fingerprint density at radius 2 is 1.67 bits per heavy atom. The number of hydrazine groups is 1. The van der Waals surface area contributed by atoms with E-state index in [0.29, 0.717) is 6.61 Å². The molecule has 0 aliphatic rings. The van der Waals surface area contributed by atoms with Crippen LogP contribution in [0.5, 0.6) is 11.5 Å². The van der Waals surface area contributed by atoms with Gasteiger partial charge in [0.1, 0.15) is 11.5 Å². The molecule has 0 saturated carbocycles. The van der Waals surface area contributed by atoms with Gasteiger partial charge in [-0.1, -0.05) is 31.2 Å². The summed E-state index contributed by atoms with van der Waals surface area (Å²) in [5.41, 5.74) is 4.96. The summed E-state index contributed by atoms with van der Waals surface area (Å²) in [6.45, 7) is 2.80. The van der Waals surface area contributed by atoms with Crippen LogP contribution in [0.1, 0.15) is 30.5 Å². The fourth-order valence-corrected chi connectivity index (χ4v) is 2.21. The first-order valence-corrected chi connectivity index (χ1v) is 7.11. The maximum absolute atomic E-state index is 5.75.